The summed E-state index contributed by atoms with van der Waals surface area (Å²) in [5.41, 5.74) is 3.05. The Morgan fingerprint density at radius 1 is 1.13 bits per heavy atom. The average Bonchev–Trinajstić information content (AvgIpc) is 3.36. The van der Waals surface area contributed by atoms with Gasteiger partial charge >= 0.3 is 0 Å². The van der Waals surface area contributed by atoms with E-state index in [1.54, 1.807) is 23.7 Å². The smallest absolute Gasteiger partial charge is 0.262 e. The molecule has 3 aromatic rings. The number of benzene rings is 2. The molecule has 0 saturated carbocycles. The molecule has 4 rings (SSSR count). The van der Waals surface area contributed by atoms with Gasteiger partial charge in [-0.15, -0.1) is 0 Å². The first kappa shape index (κ1) is 21.5. The Morgan fingerprint density at radius 3 is 2.52 bits per heavy atom. The van der Waals surface area contributed by atoms with Crippen LogP contribution in [0.2, 0.25) is 0 Å². The van der Waals surface area contributed by atoms with Gasteiger partial charge in [0.25, 0.3) is 10.0 Å². The van der Waals surface area contributed by atoms with E-state index >= 15 is 0 Å². The Kier molecular flexibility index (Phi) is 5.85. The molecule has 1 aliphatic rings. The van der Waals surface area contributed by atoms with E-state index in [0.29, 0.717) is 19.0 Å². The summed E-state index contributed by atoms with van der Waals surface area (Å²) < 4.78 is 42.9. The van der Waals surface area contributed by atoms with Crippen molar-refractivity contribution in [1.82, 2.24) is 13.9 Å². The predicted molar refractivity (Wildman–Crippen MR) is 119 cm³/mol. The van der Waals surface area contributed by atoms with Crippen molar-refractivity contribution in [3.8, 4) is 0 Å². The van der Waals surface area contributed by atoms with Crippen molar-refractivity contribution in [1.29, 1.82) is 0 Å². The van der Waals surface area contributed by atoms with Crippen LogP contribution in [0.5, 0.6) is 0 Å². The molecule has 31 heavy (non-hydrogen) atoms. The summed E-state index contributed by atoms with van der Waals surface area (Å²) in [7, 11) is -1.99. The summed E-state index contributed by atoms with van der Waals surface area (Å²) in [5.74, 6) is -0.0464. The number of nitrogens with zero attached hydrogens (tertiary/aromatic N) is 3. The fourth-order valence-electron chi connectivity index (χ4n) is 4.01. The van der Waals surface area contributed by atoms with Crippen molar-refractivity contribution in [3.05, 3.63) is 78.0 Å². The van der Waals surface area contributed by atoms with Crippen molar-refractivity contribution in [2.75, 3.05) is 18.4 Å². The molecule has 1 fully saturated rings. The highest BCUT2D eigenvalue weighted by Gasteiger charge is 2.41. The number of aryl methyl sites for hydroxylation is 1. The summed E-state index contributed by atoms with van der Waals surface area (Å²) in [6, 6.07) is 14.3. The summed E-state index contributed by atoms with van der Waals surface area (Å²) in [4.78, 5) is 4.04. The van der Waals surface area contributed by atoms with E-state index < -0.39 is 10.0 Å². The van der Waals surface area contributed by atoms with Crippen LogP contribution in [0.4, 0.5) is 10.1 Å². The molecule has 2 aromatic carbocycles. The highest BCUT2D eigenvalue weighted by molar-refractivity contribution is 7.89. The van der Waals surface area contributed by atoms with E-state index in [0.717, 1.165) is 11.3 Å². The lowest BCUT2D eigenvalue weighted by atomic mass is 9.94. The van der Waals surface area contributed by atoms with Crippen LogP contribution in [-0.2, 0) is 17.1 Å². The quantitative estimate of drug-likeness (QED) is 0.628. The van der Waals surface area contributed by atoms with E-state index in [9.17, 15) is 12.8 Å². The minimum absolute atomic E-state index is 0.0373. The molecule has 1 aliphatic heterocycles. The number of sulfonamides is 1. The molecule has 2 atom stereocenters. The number of hydrogen-bond acceptors (Lipinski definition) is 4. The zero-order valence-corrected chi connectivity index (χ0v) is 18.7. The van der Waals surface area contributed by atoms with Gasteiger partial charge in [-0.25, -0.2) is 17.8 Å². The zero-order chi connectivity index (χ0) is 22.2. The van der Waals surface area contributed by atoms with Gasteiger partial charge in [0.05, 0.1) is 6.33 Å². The van der Waals surface area contributed by atoms with E-state index in [1.165, 1.54) is 34.5 Å². The largest absolute Gasteiger partial charge is 0.380 e. The standard InChI is InChI=1S/C23H27FN4O2S/c1-16(2)18-5-4-6-20(11-18)26-22-13-28(31(29,30)23-14-27(3)15-25-23)12-21(22)17-7-9-19(24)10-8-17/h4-11,14-16,21-22,26H,12-13H2,1-3H3/t21-,22+/m1/s1. The second-order valence-electron chi connectivity index (χ2n) is 8.39. The molecule has 2 heterocycles. The highest BCUT2D eigenvalue weighted by Crippen LogP contribution is 2.33. The second kappa shape index (κ2) is 8.43. The minimum Gasteiger partial charge on any atom is -0.380 e. The molecule has 0 bridgehead atoms. The molecule has 0 radical (unpaired) electrons. The van der Waals surface area contributed by atoms with Crippen LogP contribution in [0.3, 0.4) is 0 Å². The number of hydrogen-bond donors (Lipinski definition) is 1. The number of anilines is 1. The van der Waals surface area contributed by atoms with Crippen LogP contribution in [0, 0.1) is 5.82 Å². The average molecular weight is 443 g/mol. The van der Waals surface area contributed by atoms with Gasteiger partial charge in [-0.2, -0.15) is 4.31 Å². The predicted octanol–water partition coefficient (Wildman–Crippen LogP) is 3.95. The molecule has 0 spiro atoms. The van der Waals surface area contributed by atoms with Gasteiger partial charge in [0.15, 0.2) is 5.03 Å². The Hall–Kier alpha value is -2.71. The lowest BCUT2D eigenvalue weighted by molar-refractivity contribution is 0.468. The lowest BCUT2D eigenvalue weighted by Crippen LogP contribution is -2.32. The minimum atomic E-state index is -3.73. The maximum Gasteiger partial charge on any atom is 0.262 e. The summed E-state index contributed by atoms with van der Waals surface area (Å²) in [6.07, 6.45) is 2.99. The number of rotatable bonds is 6. The second-order valence-corrected chi connectivity index (χ2v) is 10.3. The van der Waals surface area contributed by atoms with E-state index in [1.807, 2.05) is 12.1 Å². The van der Waals surface area contributed by atoms with Gasteiger partial charge < -0.3 is 9.88 Å². The van der Waals surface area contributed by atoms with Crippen LogP contribution in [-0.4, -0.2) is 41.4 Å². The Morgan fingerprint density at radius 2 is 1.87 bits per heavy atom. The number of imidazole rings is 1. The molecular weight excluding hydrogens is 415 g/mol. The summed E-state index contributed by atoms with van der Waals surface area (Å²) in [5, 5.41) is 3.57. The Bertz CT molecular complexity index is 1160. The van der Waals surface area contributed by atoms with Crippen LogP contribution >= 0.6 is 0 Å². The maximum atomic E-state index is 13.5. The van der Waals surface area contributed by atoms with E-state index in [4.69, 9.17) is 0 Å². The van der Waals surface area contributed by atoms with Gasteiger partial charge in [-0.3, -0.25) is 0 Å². The third-order valence-electron chi connectivity index (χ3n) is 5.78. The SMILES string of the molecule is CC(C)c1cccc(N[C@H]2CN(S(=O)(=O)c3cn(C)cn3)C[C@@H]2c2ccc(F)cc2)c1. The van der Waals surface area contributed by atoms with E-state index in [2.05, 4.69) is 36.3 Å². The molecule has 0 aliphatic carbocycles. The first-order valence-corrected chi connectivity index (χ1v) is 11.8. The molecule has 6 nitrogen and oxygen atoms in total. The van der Waals surface area contributed by atoms with Crippen molar-refractivity contribution in [3.63, 3.8) is 0 Å². The number of aromatic nitrogens is 2. The first-order chi connectivity index (χ1) is 14.7. The van der Waals surface area contributed by atoms with Crippen LogP contribution in [0.25, 0.3) is 0 Å². The van der Waals surface area contributed by atoms with Gasteiger partial charge in [0.1, 0.15) is 5.82 Å². The zero-order valence-electron chi connectivity index (χ0n) is 17.9. The molecule has 8 heteroatoms. The lowest BCUT2D eigenvalue weighted by Gasteiger charge is -2.22. The third kappa shape index (κ3) is 4.50. The highest BCUT2D eigenvalue weighted by atomic mass is 32.2. The monoisotopic (exact) mass is 442 g/mol. The molecule has 1 aromatic heterocycles. The van der Waals surface area contributed by atoms with Crippen LogP contribution < -0.4 is 5.32 Å². The topological polar surface area (TPSA) is 67.2 Å². The molecule has 0 amide bonds. The van der Waals surface area contributed by atoms with Crippen LogP contribution in [0.15, 0.2) is 66.1 Å². The van der Waals surface area contributed by atoms with Crippen LogP contribution in [0.1, 0.15) is 36.8 Å². The Balaban J connectivity index is 1.65. The number of halogens is 1. The third-order valence-corrected chi connectivity index (χ3v) is 7.49. The van der Waals surface area contributed by atoms with Gasteiger partial charge in [0, 0.05) is 44.0 Å². The van der Waals surface area contributed by atoms with Gasteiger partial charge in [0.2, 0.25) is 0 Å². The normalized spacial score (nSPS) is 19.8. The first-order valence-electron chi connectivity index (χ1n) is 10.3. The molecular formula is C23H27FN4O2S. The Labute approximate surface area is 182 Å². The van der Waals surface area contributed by atoms with E-state index in [-0.39, 0.29) is 22.8 Å². The van der Waals surface area contributed by atoms with Gasteiger partial charge in [-0.1, -0.05) is 38.1 Å². The molecule has 0 unspecified atom stereocenters. The van der Waals surface area contributed by atoms with Gasteiger partial charge in [-0.05, 0) is 41.3 Å². The van der Waals surface area contributed by atoms with Crippen molar-refractivity contribution in [2.24, 2.45) is 7.05 Å². The molecule has 1 saturated heterocycles. The van der Waals surface area contributed by atoms with Crippen molar-refractivity contribution in [2.45, 2.75) is 36.8 Å². The fourth-order valence-corrected chi connectivity index (χ4v) is 5.47. The van der Waals surface area contributed by atoms with Crippen molar-refractivity contribution < 1.29 is 12.8 Å². The molecule has 1 N–H and O–H groups in total. The fraction of sp³-hybridized carbons (Fsp3) is 0.348. The van der Waals surface area contributed by atoms with Crippen molar-refractivity contribution >= 4 is 15.7 Å². The maximum absolute atomic E-state index is 13.5. The molecule has 164 valence electrons. The summed E-state index contributed by atoms with van der Waals surface area (Å²) >= 11 is 0. The number of nitrogens with one attached hydrogen (secondary N) is 1. The summed E-state index contributed by atoms with van der Waals surface area (Å²) in [6.45, 7) is 4.87.